The van der Waals surface area contributed by atoms with Crippen LogP contribution >= 0.6 is 23.2 Å². The lowest BCUT2D eigenvalue weighted by molar-refractivity contribution is -0.0958. The first kappa shape index (κ1) is 13.3. The van der Waals surface area contributed by atoms with E-state index in [-0.39, 0.29) is 10.0 Å². The summed E-state index contributed by atoms with van der Waals surface area (Å²) in [4.78, 5) is 11.0. The second-order valence-electron chi connectivity index (χ2n) is 2.88. The summed E-state index contributed by atoms with van der Waals surface area (Å²) < 4.78 is 49.2. The summed E-state index contributed by atoms with van der Waals surface area (Å²) in [7, 11) is 0. The van der Waals surface area contributed by atoms with Gasteiger partial charge in [0, 0.05) is 5.56 Å². The average molecular weight is 275 g/mol. The lowest BCUT2D eigenvalue weighted by atomic mass is 10.1. The van der Waals surface area contributed by atoms with Crippen LogP contribution in [0.4, 0.5) is 17.6 Å². The minimum Gasteiger partial charge on any atom is -0.287 e. The van der Waals surface area contributed by atoms with Crippen LogP contribution < -0.4 is 0 Å². The molecule has 1 aromatic rings. The number of Topliss-reactive ketones (excluding diaryl/α,β-unsaturated/α-hetero) is 1. The maximum Gasteiger partial charge on any atom is 0.368 e. The number of hydrogen-bond acceptors (Lipinski definition) is 1. The van der Waals surface area contributed by atoms with Crippen molar-refractivity contribution in [3.8, 4) is 0 Å². The summed E-state index contributed by atoms with van der Waals surface area (Å²) in [6, 6.07) is 2.81. The molecule has 0 aromatic heterocycles. The predicted octanol–water partition coefficient (Wildman–Crippen LogP) is 4.08. The fourth-order valence-electron chi connectivity index (χ4n) is 0.929. The summed E-state index contributed by atoms with van der Waals surface area (Å²) in [5.41, 5.74) is -0.611. The molecule has 1 aromatic carbocycles. The van der Waals surface area contributed by atoms with E-state index >= 15 is 0 Å². The topological polar surface area (TPSA) is 17.1 Å². The van der Waals surface area contributed by atoms with E-state index in [1.165, 1.54) is 0 Å². The highest BCUT2D eigenvalue weighted by molar-refractivity contribution is 6.42. The molecule has 0 aliphatic carbocycles. The van der Waals surface area contributed by atoms with Crippen LogP contribution in [0.1, 0.15) is 10.4 Å². The monoisotopic (exact) mass is 274 g/mol. The zero-order valence-corrected chi connectivity index (χ0v) is 9.00. The Kier molecular flexibility index (Phi) is 3.80. The van der Waals surface area contributed by atoms with Gasteiger partial charge in [0.25, 0.3) is 0 Å². The highest BCUT2D eigenvalue weighted by Crippen LogP contribution is 2.30. The minimum absolute atomic E-state index is 0.0404. The largest absolute Gasteiger partial charge is 0.368 e. The number of benzene rings is 1. The van der Waals surface area contributed by atoms with E-state index in [4.69, 9.17) is 23.2 Å². The van der Waals surface area contributed by atoms with Gasteiger partial charge in [0.1, 0.15) is 0 Å². The quantitative estimate of drug-likeness (QED) is 0.600. The molecule has 0 N–H and O–H groups in total. The minimum atomic E-state index is -4.73. The maximum absolute atomic E-state index is 12.7. The number of rotatable bonds is 3. The SMILES string of the molecule is O=C(c1ccc(Cl)c(Cl)c1)C(F)(F)C(F)F. The molecule has 16 heavy (non-hydrogen) atoms. The highest BCUT2D eigenvalue weighted by atomic mass is 35.5. The molecule has 1 rings (SSSR count). The Labute approximate surface area is 98.0 Å². The van der Waals surface area contributed by atoms with E-state index in [0.717, 1.165) is 18.2 Å². The fraction of sp³-hybridized carbons (Fsp3) is 0.222. The molecule has 0 radical (unpaired) electrons. The van der Waals surface area contributed by atoms with E-state index in [9.17, 15) is 22.4 Å². The van der Waals surface area contributed by atoms with E-state index in [1.807, 2.05) is 0 Å². The van der Waals surface area contributed by atoms with Gasteiger partial charge >= 0.3 is 12.3 Å². The molecule has 0 unspecified atom stereocenters. The number of carbonyl (C=O) groups excluding carboxylic acids is 1. The normalized spacial score (nSPS) is 11.9. The van der Waals surface area contributed by atoms with Crippen LogP contribution in [0.5, 0.6) is 0 Å². The van der Waals surface area contributed by atoms with Crippen molar-refractivity contribution in [2.45, 2.75) is 12.3 Å². The van der Waals surface area contributed by atoms with E-state index in [2.05, 4.69) is 0 Å². The van der Waals surface area contributed by atoms with Gasteiger partial charge in [-0.1, -0.05) is 23.2 Å². The van der Waals surface area contributed by atoms with Gasteiger partial charge in [-0.25, -0.2) is 8.78 Å². The number of hydrogen-bond donors (Lipinski definition) is 0. The Morgan fingerprint density at radius 2 is 1.75 bits per heavy atom. The van der Waals surface area contributed by atoms with E-state index in [1.54, 1.807) is 0 Å². The molecule has 88 valence electrons. The van der Waals surface area contributed by atoms with Crippen molar-refractivity contribution in [2.75, 3.05) is 0 Å². The van der Waals surface area contributed by atoms with Crippen molar-refractivity contribution in [1.29, 1.82) is 0 Å². The van der Waals surface area contributed by atoms with Crippen molar-refractivity contribution in [2.24, 2.45) is 0 Å². The van der Waals surface area contributed by atoms with Crippen LogP contribution in [0.25, 0.3) is 0 Å². The van der Waals surface area contributed by atoms with Crippen molar-refractivity contribution in [1.82, 2.24) is 0 Å². The first-order valence-corrected chi connectivity index (χ1v) is 4.68. The van der Waals surface area contributed by atoms with Crippen LogP contribution in [-0.4, -0.2) is 18.1 Å². The fourth-order valence-corrected chi connectivity index (χ4v) is 1.23. The smallest absolute Gasteiger partial charge is 0.287 e. The zero-order chi connectivity index (χ0) is 12.5. The predicted molar refractivity (Wildman–Crippen MR) is 51.7 cm³/mol. The zero-order valence-electron chi connectivity index (χ0n) is 7.49. The summed E-state index contributed by atoms with van der Waals surface area (Å²) in [5, 5.41) is -0.115. The third-order valence-corrected chi connectivity index (χ3v) is 2.50. The molecule has 0 fully saturated rings. The molecule has 0 aliphatic heterocycles. The Balaban J connectivity index is 3.11. The number of alkyl halides is 4. The average Bonchev–Trinajstić information content (AvgIpc) is 2.20. The Hall–Kier alpha value is -0.810. The summed E-state index contributed by atoms with van der Waals surface area (Å²) in [5.74, 6) is -6.71. The Bertz CT molecular complexity index is 420. The van der Waals surface area contributed by atoms with Crippen molar-refractivity contribution in [3.05, 3.63) is 33.8 Å². The summed E-state index contributed by atoms with van der Waals surface area (Å²) >= 11 is 11.0. The van der Waals surface area contributed by atoms with E-state index in [0.29, 0.717) is 0 Å². The van der Waals surface area contributed by atoms with Gasteiger partial charge in [-0.05, 0) is 18.2 Å². The van der Waals surface area contributed by atoms with Gasteiger partial charge in [0.15, 0.2) is 0 Å². The molecule has 0 atom stereocenters. The van der Waals surface area contributed by atoms with Gasteiger partial charge in [-0.15, -0.1) is 0 Å². The second-order valence-corrected chi connectivity index (χ2v) is 3.70. The third-order valence-electron chi connectivity index (χ3n) is 1.76. The van der Waals surface area contributed by atoms with Crippen molar-refractivity contribution < 1.29 is 22.4 Å². The van der Waals surface area contributed by atoms with Crippen LogP contribution in [0.2, 0.25) is 10.0 Å². The van der Waals surface area contributed by atoms with Gasteiger partial charge in [0.2, 0.25) is 5.78 Å². The molecule has 0 saturated carbocycles. The Morgan fingerprint density at radius 1 is 1.19 bits per heavy atom. The van der Waals surface area contributed by atoms with Gasteiger partial charge in [0.05, 0.1) is 10.0 Å². The van der Waals surface area contributed by atoms with Crippen molar-refractivity contribution >= 4 is 29.0 Å². The highest BCUT2D eigenvalue weighted by Gasteiger charge is 2.49. The lowest BCUT2D eigenvalue weighted by Gasteiger charge is -2.13. The first-order chi connectivity index (χ1) is 7.26. The summed E-state index contributed by atoms with van der Waals surface area (Å²) in [6.07, 6.45) is -4.06. The first-order valence-electron chi connectivity index (χ1n) is 3.92. The molecular weight excluding hydrogens is 271 g/mol. The second kappa shape index (κ2) is 4.59. The molecule has 0 bridgehead atoms. The maximum atomic E-state index is 12.7. The number of ketones is 1. The molecule has 0 saturated heterocycles. The van der Waals surface area contributed by atoms with Crippen LogP contribution in [0, 0.1) is 0 Å². The molecule has 0 spiro atoms. The van der Waals surface area contributed by atoms with Gasteiger partial charge < -0.3 is 0 Å². The molecule has 0 aliphatic rings. The molecular formula is C9H4Cl2F4O. The molecule has 7 heteroatoms. The molecule has 1 nitrogen and oxygen atoms in total. The van der Waals surface area contributed by atoms with Gasteiger partial charge in [-0.3, -0.25) is 4.79 Å². The van der Waals surface area contributed by atoms with Crippen LogP contribution in [0.3, 0.4) is 0 Å². The third kappa shape index (κ3) is 2.47. The lowest BCUT2D eigenvalue weighted by Crippen LogP contribution is -2.36. The number of halogens is 6. The van der Waals surface area contributed by atoms with Crippen LogP contribution in [-0.2, 0) is 0 Å². The molecule has 0 heterocycles. The van der Waals surface area contributed by atoms with E-state index < -0.39 is 23.7 Å². The molecule has 0 amide bonds. The van der Waals surface area contributed by atoms with Crippen molar-refractivity contribution in [3.63, 3.8) is 0 Å². The summed E-state index contributed by atoms with van der Waals surface area (Å²) in [6.45, 7) is 0. The number of carbonyl (C=O) groups is 1. The van der Waals surface area contributed by atoms with Crippen LogP contribution in [0.15, 0.2) is 18.2 Å². The Morgan fingerprint density at radius 3 is 2.19 bits per heavy atom. The van der Waals surface area contributed by atoms with Gasteiger partial charge in [-0.2, -0.15) is 8.78 Å². The standard InChI is InChI=1S/C9H4Cl2F4O/c10-5-2-1-4(3-6(5)11)7(16)9(14,15)8(12)13/h1-3,8H.